The fraction of sp³-hybridized carbons (Fsp3) is 1.00. The Kier molecular flexibility index (Phi) is 4.48. The first-order valence-corrected chi connectivity index (χ1v) is 5.28. The van der Waals surface area contributed by atoms with Gasteiger partial charge in [-0.2, -0.15) is 4.91 Å². The van der Waals surface area contributed by atoms with Gasteiger partial charge in [0.05, 0.1) is 19.3 Å². The highest BCUT2D eigenvalue weighted by atomic mass is 16.5. The Bertz CT molecular complexity index is 185. The van der Waals surface area contributed by atoms with E-state index in [-0.39, 0.29) is 12.0 Å². The van der Waals surface area contributed by atoms with Crippen LogP contribution >= 0.6 is 0 Å². The minimum atomic E-state index is 0.258. The van der Waals surface area contributed by atoms with Crippen LogP contribution in [0, 0.1) is 10.8 Å². The van der Waals surface area contributed by atoms with Crippen LogP contribution in [-0.2, 0) is 4.74 Å². The van der Waals surface area contributed by atoms with Crippen LogP contribution < -0.4 is 0 Å². The highest BCUT2D eigenvalue weighted by Gasteiger charge is 2.23. The molecule has 14 heavy (non-hydrogen) atoms. The van der Waals surface area contributed by atoms with Gasteiger partial charge in [-0.25, -0.2) is 0 Å². The van der Waals surface area contributed by atoms with Crippen molar-refractivity contribution in [2.75, 3.05) is 26.2 Å². The molecule has 1 unspecified atom stereocenters. The standard InChI is InChI=1S/C10H20N2O2/c1-8(2)12-5-9(3)14-7-10(6-12)4-11-13/h8-10H,4-7H2,1-3H3/t9-,10?/m1/s1. The topological polar surface area (TPSA) is 41.9 Å². The fourth-order valence-corrected chi connectivity index (χ4v) is 1.78. The first kappa shape index (κ1) is 11.6. The lowest BCUT2D eigenvalue weighted by molar-refractivity contribution is 0.0540. The minimum Gasteiger partial charge on any atom is -0.377 e. The van der Waals surface area contributed by atoms with Crippen LogP contribution in [0.3, 0.4) is 0 Å². The van der Waals surface area contributed by atoms with Crippen molar-refractivity contribution in [1.82, 2.24) is 4.90 Å². The molecule has 0 spiro atoms. The smallest absolute Gasteiger partial charge is 0.0873 e. The summed E-state index contributed by atoms with van der Waals surface area (Å²) in [5.41, 5.74) is 0. The molecule has 1 heterocycles. The maximum Gasteiger partial charge on any atom is 0.0873 e. The Morgan fingerprint density at radius 3 is 2.79 bits per heavy atom. The van der Waals surface area contributed by atoms with E-state index in [9.17, 15) is 4.91 Å². The van der Waals surface area contributed by atoms with Crippen molar-refractivity contribution < 1.29 is 4.74 Å². The molecule has 1 aliphatic rings. The number of nitroso groups, excluding NO2 is 1. The van der Waals surface area contributed by atoms with E-state index in [0.29, 0.717) is 19.2 Å². The van der Waals surface area contributed by atoms with Gasteiger partial charge >= 0.3 is 0 Å². The predicted octanol–water partition coefficient (Wildman–Crippen LogP) is 1.50. The molecule has 1 fully saturated rings. The maximum atomic E-state index is 10.2. The van der Waals surface area contributed by atoms with Crippen LogP contribution in [0.25, 0.3) is 0 Å². The quantitative estimate of drug-likeness (QED) is 0.648. The lowest BCUT2D eigenvalue weighted by Crippen LogP contribution is -2.38. The van der Waals surface area contributed by atoms with Gasteiger partial charge in [-0.1, -0.05) is 5.18 Å². The third-order valence-electron chi connectivity index (χ3n) is 2.66. The van der Waals surface area contributed by atoms with E-state index in [1.165, 1.54) is 0 Å². The second kappa shape index (κ2) is 5.41. The van der Waals surface area contributed by atoms with Crippen molar-refractivity contribution in [2.24, 2.45) is 11.1 Å². The lowest BCUT2D eigenvalue weighted by atomic mass is 10.1. The molecule has 0 aliphatic carbocycles. The van der Waals surface area contributed by atoms with Crippen LogP contribution in [0.1, 0.15) is 20.8 Å². The molecular weight excluding hydrogens is 180 g/mol. The molecule has 0 aromatic rings. The van der Waals surface area contributed by atoms with Crippen LogP contribution in [0.2, 0.25) is 0 Å². The van der Waals surface area contributed by atoms with E-state index < -0.39 is 0 Å². The fourth-order valence-electron chi connectivity index (χ4n) is 1.78. The largest absolute Gasteiger partial charge is 0.377 e. The molecule has 4 heteroatoms. The van der Waals surface area contributed by atoms with E-state index in [4.69, 9.17) is 4.74 Å². The summed E-state index contributed by atoms with van der Waals surface area (Å²) >= 11 is 0. The van der Waals surface area contributed by atoms with Gasteiger partial charge in [-0.3, -0.25) is 4.90 Å². The molecule has 1 rings (SSSR count). The molecule has 4 nitrogen and oxygen atoms in total. The van der Waals surface area contributed by atoms with Gasteiger partial charge in [0.25, 0.3) is 0 Å². The number of ether oxygens (including phenoxy) is 1. The Hall–Kier alpha value is -0.480. The predicted molar refractivity (Wildman–Crippen MR) is 56.3 cm³/mol. The van der Waals surface area contributed by atoms with Crippen LogP contribution in [0.5, 0.6) is 0 Å². The summed E-state index contributed by atoms with van der Waals surface area (Å²) < 4.78 is 5.61. The van der Waals surface area contributed by atoms with Gasteiger partial charge in [0.1, 0.15) is 0 Å². The second-order valence-corrected chi connectivity index (χ2v) is 4.37. The monoisotopic (exact) mass is 200 g/mol. The minimum absolute atomic E-state index is 0.258. The molecule has 0 amide bonds. The van der Waals surface area contributed by atoms with Crippen LogP contribution in [0.15, 0.2) is 5.18 Å². The van der Waals surface area contributed by atoms with Crippen molar-refractivity contribution in [3.63, 3.8) is 0 Å². The zero-order chi connectivity index (χ0) is 10.6. The number of hydrogen-bond acceptors (Lipinski definition) is 4. The molecule has 1 saturated heterocycles. The number of hydrogen-bond donors (Lipinski definition) is 0. The molecule has 0 aromatic carbocycles. The molecule has 0 N–H and O–H groups in total. The van der Waals surface area contributed by atoms with E-state index in [1.807, 2.05) is 0 Å². The van der Waals surface area contributed by atoms with Crippen molar-refractivity contribution >= 4 is 0 Å². The van der Waals surface area contributed by atoms with Gasteiger partial charge in [-0.15, -0.1) is 0 Å². The highest BCUT2D eigenvalue weighted by Crippen LogP contribution is 2.13. The summed E-state index contributed by atoms with van der Waals surface area (Å²) in [6, 6.07) is 0.508. The molecule has 2 atom stereocenters. The summed E-state index contributed by atoms with van der Waals surface area (Å²) in [7, 11) is 0. The first-order chi connectivity index (χ1) is 6.63. The normalized spacial score (nSPS) is 30.3. The van der Waals surface area contributed by atoms with Crippen molar-refractivity contribution in [3.8, 4) is 0 Å². The Morgan fingerprint density at radius 1 is 1.50 bits per heavy atom. The van der Waals surface area contributed by atoms with Crippen molar-refractivity contribution in [1.29, 1.82) is 0 Å². The van der Waals surface area contributed by atoms with E-state index >= 15 is 0 Å². The second-order valence-electron chi connectivity index (χ2n) is 4.37. The lowest BCUT2D eigenvalue weighted by Gasteiger charge is -2.27. The van der Waals surface area contributed by atoms with Gasteiger partial charge in [0, 0.05) is 25.0 Å². The van der Waals surface area contributed by atoms with Crippen LogP contribution in [-0.4, -0.2) is 43.3 Å². The molecule has 0 radical (unpaired) electrons. The summed E-state index contributed by atoms with van der Waals surface area (Å²) in [6.45, 7) is 9.33. The van der Waals surface area contributed by atoms with E-state index in [2.05, 4.69) is 30.8 Å². The Balaban J connectivity index is 2.54. The van der Waals surface area contributed by atoms with Gasteiger partial charge < -0.3 is 4.74 Å². The van der Waals surface area contributed by atoms with Gasteiger partial charge in [0.15, 0.2) is 0 Å². The van der Waals surface area contributed by atoms with E-state index in [0.717, 1.165) is 13.1 Å². The average Bonchev–Trinajstić information content (AvgIpc) is 2.29. The SMILES string of the molecule is CC(C)N1CC(CN=O)CO[C@H](C)C1. The van der Waals surface area contributed by atoms with Crippen molar-refractivity contribution in [3.05, 3.63) is 4.91 Å². The van der Waals surface area contributed by atoms with Crippen molar-refractivity contribution in [2.45, 2.75) is 32.9 Å². The highest BCUT2D eigenvalue weighted by molar-refractivity contribution is 4.76. The average molecular weight is 200 g/mol. The third-order valence-corrected chi connectivity index (χ3v) is 2.66. The number of rotatable bonds is 3. The number of nitrogens with zero attached hydrogens (tertiary/aromatic N) is 2. The molecule has 0 saturated carbocycles. The molecular formula is C10H20N2O2. The molecule has 82 valence electrons. The zero-order valence-electron chi connectivity index (χ0n) is 9.27. The third kappa shape index (κ3) is 3.35. The Labute approximate surface area is 85.6 Å². The van der Waals surface area contributed by atoms with E-state index in [1.54, 1.807) is 0 Å². The van der Waals surface area contributed by atoms with Gasteiger partial charge in [-0.05, 0) is 20.8 Å². The maximum absolute atomic E-state index is 10.2. The van der Waals surface area contributed by atoms with Crippen LogP contribution in [0.4, 0.5) is 0 Å². The first-order valence-electron chi connectivity index (χ1n) is 5.28. The molecule has 1 aliphatic heterocycles. The molecule has 0 bridgehead atoms. The Morgan fingerprint density at radius 2 is 2.21 bits per heavy atom. The zero-order valence-corrected chi connectivity index (χ0v) is 9.27. The van der Waals surface area contributed by atoms with Gasteiger partial charge in [0.2, 0.25) is 0 Å². The summed E-state index contributed by atoms with van der Waals surface area (Å²) in [5, 5.41) is 2.96. The summed E-state index contributed by atoms with van der Waals surface area (Å²) in [5.74, 6) is 0.264. The summed E-state index contributed by atoms with van der Waals surface area (Å²) in [4.78, 5) is 12.6. The molecule has 0 aromatic heterocycles. The summed E-state index contributed by atoms with van der Waals surface area (Å²) in [6.07, 6.45) is 0.258.